The minimum absolute atomic E-state index is 0.0312. The number of nitro groups is 1. The van der Waals surface area contributed by atoms with Gasteiger partial charge in [0.25, 0.3) is 5.69 Å². The molecule has 0 amide bonds. The maximum absolute atomic E-state index is 10.6. The number of nitrogens with two attached hydrogens (primary N) is 1. The molecule has 1 aromatic rings. The highest BCUT2D eigenvalue weighted by Crippen LogP contribution is 2.17. The quantitative estimate of drug-likeness (QED) is 0.601. The van der Waals surface area contributed by atoms with Gasteiger partial charge in [-0.1, -0.05) is 13.8 Å². The van der Waals surface area contributed by atoms with E-state index in [1.165, 1.54) is 6.07 Å². The number of rotatable bonds is 5. The van der Waals surface area contributed by atoms with E-state index in [4.69, 9.17) is 5.73 Å². The molecule has 0 radical (unpaired) electrons. The second-order valence-electron chi connectivity index (χ2n) is 4.35. The molecule has 17 heavy (non-hydrogen) atoms. The lowest BCUT2D eigenvalue weighted by molar-refractivity contribution is -0.385. The molecule has 0 fully saturated rings. The smallest absolute Gasteiger partial charge is 0.290 e. The van der Waals surface area contributed by atoms with Gasteiger partial charge >= 0.3 is 0 Å². The molecule has 0 bridgehead atoms. The van der Waals surface area contributed by atoms with Gasteiger partial charge in [-0.25, -0.2) is 4.98 Å². The third kappa shape index (κ3) is 3.67. The van der Waals surface area contributed by atoms with Crippen LogP contribution < -0.4 is 11.1 Å². The first kappa shape index (κ1) is 13.4. The van der Waals surface area contributed by atoms with Gasteiger partial charge in [-0.2, -0.15) is 0 Å². The molecule has 0 aliphatic heterocycles. The largest absolute Gasteiger partial charge is 0.368 e. The van der Waals surface area contributed by atoms with Crippen LogP contribution in [-0.2, 0) is 0 Å². The highest BCUT2D eigenvalue weighted by atomic mass is 16.6. The number of hydrogen-bond donors (Lipinski definition) is 2. The number of aryl methyl sites for hydroxylation is 1. The molecule has 0 saturated heterocycles. The predicted molar refractivity (Wildman–Crippen MR) is 66.9 cm³/mol. The van der Waals surface area contributed by atoms with Gasteiger partial charge in [0.05, 0.1) is 4.92 Å². The highest BCUT2D eigenvalue weighted by Gasteiger charge is 2.12. The molecule has 6 nitrogen and oxygen atoms in total. The standard InChI is InChI=1S/C11H18N4O2/c1-7(2)9(12)6-13-11-5-4-10(15(16)17)8(3)14-11/h4-5,7,9H,6,12H2,1-3H3,(H,13,14). The zero-order valence-electron chi connectivity index (χ0n) is 10.3. The molecule has 1 atom stereocenters. The average Bonchev–Trinajstić information content (AvgIpc) is 2.25. The van der Waals surface area contributed by atoms with Crippen LogP contribution in [0.2, 0.25) is 0 Å². The van der Waals surface area contributed by atoms with E-state index in [2.05, 4.69) is 10.3 Å². The minimum Gasteiger partial charge on any atom is -0.368 e. The molecule has 1 unspecified atom stereocenters. The zero-order valence-corrected chi connectivity index (χ0v) is 10.3. The Labute approximate surface area is 100 Å². The number of aromatic nitrogens is 1. The summed E-state index contributed by atoms with van der Waals surface area (Å²) in [6.45, 7) is 6.30. The van der Waals surface area contributed by atoms with Crippen molar-refractivity contribution in [2.45, 2.75) is 26.8 Å². The SMILES string of the molecule is Cc1nc(NCC(N)C(C)C)ccc1[N+](=O)[O-]. The molecular formula is C11H18N4O2. The number of nitrogens with one attached hydrogen (secondary N) is 1. The monoisotopic (exact) mass is 238 g/mol. The Morgan fingerprint density at radius 3 is 2.65 bits per heavy atom. The van der Waals surface area contributed by atoms with E-state index in [0.717, 1.165) is 0 Å². The van der Waals surface area contributed by atoms with Gasteiger partial charge in [-0.3, -0.25) is 10.1 Å². The Kier molecular flexibility index (Phi) is 4.39. The normalized spacial score (nSPS) is 12.5. The van der Waals surface area contributed by atoms with Crippen molar-refractivity contribution in [2.75, 3.05) is 11.9 Å². The Hall–Kier alpha value is -1.69. The summed E-state index contributed by atoms with van der Waals surface area (Å²) in [5.74, 6) is 0.992. The van der Waals surface area contributed by atoms with E-state index in [9.17, 15) is 10.1 Å². The summed E-state index contributed by atoms with van der Waals surface area (Å²) in [5, 5.41) is 13.7. The van der Waals surface area contributed by atoms with Crippen LogP contribution in [0.5, 0.6) is 0 Å². The van der Waals surface area contributed by atoms with Crippen LogP contribution in [0.3, 0.4) is 0 Å². The van der Waals surface area contributed by atoms with Crippen molar-refractivity contribution in [3.63, 3.8) is 0 Å². The second-order valence-corrected chi connectivity index (χ2v) is 4.35. The lowest BCUT2D eigenvalue weighted by atomic mass is 10.1. The first-order valence-corrected chi connectivity index (χ1v) is 5.53. The summed E-state index contributed by atoms with van der Waals surface area (Å²) in [6.07, 6.45) is 0. The minimum atomic E-state index is -0.439. The molecule has 0 aliphatic rings. The maximum Gasteiger partial charge on any atom is 0.290 e. The fourth-order valence-electron chi connectivity index (χ4n) is 1.30. The average molecular weight is 238 g/mol. The van der Waals surface area contributed by atoms with Gasteiger partial charge in [-0.05, 0) is 18.9 Å². The van der Waals surface area contributed by atoms with E-state index in [1.807, 2.05) is 13.8 Å². The fraction of sp³-hybridized carbons (Fsp3) is 0.545. The van der Waals surface area contributed by atoms with E-state index < -0.39 is 4.92 Å². The van der Waals surface area contributed by atoms with Crippen molar-refractivity contribution in [1.82, 2.24) is 4.98 Å². The molecule has 0 aliphatic carbocycles. The van der Waals surface area contributed by atoms with Crippen molar-refractivity contribution in [3.8, 4) is 0 Å². The van der Waals surface area contributed by atoms with Gasteiger partial charge in [-0.15, -0.1) is 0 Å². The van der Waals surface area contributed by atoms with E-state index in [0.29, 0.717) is 24.0 Å². The van der Waals surface area contributed by atoms with Crippen LogP contribution in [0.4, 0.5) is 11.5 Å². The van der Waals surface area contributed by atoms with Crippen molar-refractivity contribution >= 4 is 11.5 Å². The summed E-state index contributed by atoms with van der Waals surface area (Å²) in [5.41, 5.74) is 6.31. The Morgan fingerprint density at radius 2 is 2.18 bits per heavy atom. The summed E-state index contributed by atoms with van der Waals surface area (Å²) in [4.78, 5) is 14.3. The van der Waals surface area contributed by atoms with E-state index >= 15 is 0 Å². The fourth-order valence-corrected chi connectivity index (χ4v) is 1.30. The number of pyridine rings is 1. The van der Waals surface area contributed by atoms with Gasteiger partial charge in [0.1, 0.15) is 11.5 Å². The van der Waals surface area contributed by atoms with Crippen LogP contribution in [0, 0.1) is 23.0 Å². The van der Waals surface area contributed by atoms with Crippen LogP contribution in [0.1, 0.15) is 19.5 Å². The van der Waals surface area contributed by atoms with Gasteiger partial charge in [0.15, 0.2) is 0 Å². The van der Waals surface area contributed by atoms with Crippen LogP contribution in [0.15, 0.2) is 12.1 Å². The molecule has 1 heterocycles. The second kappa shape index (κ2) is 5.58. The molecule has 1 rings (SSSR count). The maximum atomic E-state index is 10.6. The summed E-state index contributed by atoms with van der Waals surface area (Å²) < 4.78 is 0. The number of nitrogens with zero attached hydrogens (tertiary/aromatic N) is 2. The van der Waals surface area contributed by atoms with Crippen molar-refractivity contribution in [2.24, 2.45) is 11.7 Å². The number of anilines is 1. The number of hydrogen-bond acceptors (Lipinski definition) is 5. The lowest BCUT2D eigenvalue weighted by Gasteiger charge is -2.16. The Morgan fingerprint density at radius 1 is 1.53 bits per heavy atom. The van der Waals surface area contributed by atoms with E-state index in [1.54, 1.807) is 13.0 Å². The first-order chi connectivity index (χ1) is 7.91. The molecular weight excluding hydrogens is 220 g/mol. The molecule has 0 saturated carbocycles. The molecule has 6 heteroatoms. The van der Waals surface area contributed by atoms with Gasteiger partial charge in [0.2, 0.25) is 0 Å². The Balaban J connectivity index is 2.68. The third-order valence-electron chi connectivity index (χ3n) is 2.63. The topological polar surface area (TPSA) is 94.1 Å². The summed E-state index contributed by atoms with van der Waals surface area (Å²) >= 11 is 0. The van der Waals surface area contributed by atoms with Crippen LogP contribution >= 0.6 is 0 Å². The van der Waals surface area contributed by atoms with E-state index in [-0.39, 0.29) is 11.7 Å². The molecule has 0 spiro atoms. The lowest BCUT2D eigenvalue weighted by Crippen LogP contribution is -2.34. The Bertz CT molecular complexity index is 406. The molecule has 1 aromatic heterocycles. The highest BCUT2D eigenvalue weighted by molar-refractivity contribution is 5.44. The molecule has 94 valence electrons. The molecule has 3 N–H and O–H groups in total. The zero-order chi connectivity index (χ0) is 13.0. The summed E-state index contributed by atoms with van der Waals surface area (Å²) in [6, 6.07) is 3.08. The predicted octanol–water partition coefficient (Wildman–Crippen LogP) is 1.69. The molecule has 0 aromatic carbocycles. The third-order valence-corrected chi connectivity index (χ3v) is 2.63. The van der Waals surface area contributed by atoms with Gasteiger partial charge < -0.3 is 11.1 Å². The van der Waals surface area contributed by atoms with Gasteiger partial charge in [0, 0.05) is 18.7 Å². The van der Waals surface area contributed by atoms with Crippen molar-refractivity contribution < 1.29 is 4.92 Å². The summed E-state index contributed by atoms with van der Waals surface area (Å²) in [7, 11) is 0. The first-order valence-electron chi connectivity index (χ1n) is 5.53. The van der Waals surface area contributed by atoms with Crippen LogP contribution in [0.25, 0.3) is 0 Å². The van der Waals surface area contributed by atoms with Crippen LogP contribution in [-0.4, -0.2) is 22.5 Å². The van der Waals surface area contributed by atoms with Crippen molar-refractivity contribution in [3.05, 3.63) is 27.9 Å². The van der Waals surface area contributed by atoms with Crippen molar-refractivity contribution in [1.29, 1.82) is 0 Å².